The Hall–Kier alpha value is -1.11. The Balaban J connectivity index is 1.85. The van der Waals surface area contributed by atoms with Crippen LogP contribution in [0.15, 0.2) is 17.0 Å². The Morgan fingerprint density at radius 1 is 1.13 bits per heavy atom. The third kappa shape index (κ3) is 3.25. The van der Waals surface area contributed by atoms with E-state index in [2.05, 4.69) is 9.62 Å². The third-order valence-corrected chi connectivity index (χ3v) is 6.90. The highest BCUT2D eigenvalue weighted by Crippen LogP contribution is 2.30. The molecule has 0 saturated carbocycles. The molecule has 1 N–H and O–H groups in total. The molecule has 2 saturated heterocycles. The molecule has 2 aliphatic rings. The first-order valence-electron chi connectivity index (χ1n) is 8.34. The highest BCUT2D eigenvalue weighted by Gasteiger charge is 2.38. The fourth-order valence-electron chi connectivity index (χ4n) is 4.10. The van der Waals surface area contributed by atoms with Crippen LogP contribution in [0.3, 0.4) is 0 Å². The molecule has 0 aromatic heterocycles. The van der Waals surface area contributed by atoms with Crippen LogP contribution in [0.1, 0.15) is 36.8 Å². The monoisotopic (exact) mass is 338 g/mol. The summed E-state index contributed by atoms with van der Waals surface area (Å²) < 4.78 is 34.1. The van der Waals surface area contributed by atoms with Gasteiger partial charge in [-0.05, 0) is 62.9 Å². The zero-order valence-electron chi connectivity index (χ0n) is 14.1. The van der Waals surface area contributed by atoms with Gasteiger partial charge in [0.25, 0.3) is 0 Å². The van der Waals surface area contributed by atoms with E-state index < -0.39 is 10.0 Å². The first kappa shape index (κ1) is 16.7. The summed E-state index contributed by atoms with van der Waals surface area (Å²) in [6, 6.07) is 3.95. The van der Waals surface area contributed by atoms with Gasteiger partial charge in [-0.2, -0.15) is 0 Å². The van der Waals surface area contributed by atoms with Crippen molar-refractivity contribution >= 4 is 10.0 Å². The SMILES string of the molecule is COc1cc(C)c(S(=O)(=O)N[C@@H]2CCN3CCCC[C@@H]23)c(C)c1. The van der Waals surface area contributed by atoms with Crippen LogP contribution in [0.2, 0.25) is 0 Å². The van der Waals surface area contributed by atoms with Gasteiger partial charge in [0.2, 0.25) is 10.0 Å². The zero-order chi connectivity index (χ0) is 16.6. The smallest absolute Gasteiger partial charge is 0.241 e. The third-order valence-electron chi connectivity index (χ3n) is 5.10. The standard InChI is InChI=1S/C17H26N2O3S/c1-12-10-14(22-3)11-13(2)17(12)23(20,21)18-15-7-9-19-8-5-4-6-16(15)19/h10-11,15-16,18H,4-9H2,1-3H3/t15-,16+/m1/s1. The largest absolute Gasteiger partial charge is 0.497 e. The van der Waals surface area contributed by atoms with Crippen molar-refractivity contribution in [2.75, 3.05) is 20.2 Å². The van der Waals surface area contributed by atoms with Gasteiger partial charge in [0.1, 0.15) is 5.75 Å². The molecule has 5 nitrogen and oxygen atoms in total. The molecule has 128 valence electrons. The zero-order valence-corrected chi connectivity index (χ0v) is 14.9. The lowest BCUT2D eigenvalue weighted by atomic mass is 10.00. The van der Waals surface area contributed by atoms with E-state index in [9.17, 15) is 8.42 Å². The number of hydrogen-bond donors (Lipinski definition) is 1. The molecular formula is C17H26N2O3S. The maximum Gasteiger partial charge on any atom is 0.241 e. The minimum absolute atomic E-state index is 0.0289. The molecule has 3 rings (SSSR count). The molecule has 0 unspecified atom stereocenters. The molecule has 1 aromatic carbocycles. The van der Waals surface area contributed by atoms with Crippen molar-refractivity contribution in [1.29, 1.82) is 0 Å². The van der Waals surface area contributed by atoms with Crippen LogP contribution >= 0.6 is 0 Å². The van der Waals surface area contributed by atoms with Crippen LogP contribution in [0, 0.1) is 13.8 Å². The Kier molecular flexibility index (Phi) is 4.67. The highest BCUT2D eigenvalue weighted by molar-refractivity contribution is 7.89. The van der Waals surface area contributed by atoms with Gasteiger partial charge < -0.3 is 4.74 Å². The maximum absolute atomic E-state index is 12.9. The summed E-state index contributed by atoms with van der Waals surface area (Å²) in [5, 5.41) is 0. The minimum atomic E-state index is -3.51. The summed E-state index contributed by atoms with van der Waals surface area (Å²) in [6.45, 7) is 5.75. The van der Waals surface area contributed by atoms with Gasteiger partial charge >= 0.3 is 0 Å². The van der Waals surface area contributed by atoms with Crippen LogP contribution in [-0.2, 0) is 10.0 Å². The second kappa shape index (κ2) is 6.42. The van der Waals surface area contributed by atoms with E-state index in [4.69, 9.17) is 4.74 Å². The lowest BCUT2D eigenvalue weighted by Crippen LogP contribution is -2.46. The van der Waals surface area contributed by atoms with Crippen LogP contribution in [-0.4, -0.2) is 45.6 Å². The van der Waals surface area contributed by atoms with Crippen molar-refractivity contribution in [2.45, 2.75) is 56.5 Å². The molecule has 0 amide bonds. The van der Waals surface area contributed by atoms with Gasteiger partial charge in [0.05, 0.1) is 12.0 Å². The van der Waals surface area contributed by atoms with E-state index in [1.807, 2.05) is 13.8 Å². The summed E-state index contributed by atoms with van der Waals surface area (Å²) in [6.07, 6.45) is 4.42. The number of piperidine rings is 1. The van der Waals surface area contributed by atoms with Gasteiger partial charge in [-0.3, -0.25) is 4.90 Å². The topological polar surface area (TPSA) is 58.6 Å². The molecule has 0 aliphatic carbocycles. The van der Waals surface area contributed by atoms with E-state index in [1.54, 1.807) is 19.2 Å². The first-order valence-corrected chi connectivity index (χ1v) is 9.82. The lowest BCUT2D eigenvalue weighted by Gasteiger charge is -2.32. The van der Waals surface area contributed by atoms with Crippen molar-refractivity contribution in [3.63, 3.8) is 0 Å². The van der Waals surface area contributed by atoms with Gasteiger partial charge in [0.15, 0.2) is 0 Å². The Bertz CT molecular complexity index is 664. The minimum Gasteiger partial charge on any atom is -0.497 e. The number of fused-ring (bicyclic) bond motifs is 1. The predicted octanol–water partition coefficient (Wildman–Crippen LogP) is 2.22. The lowest BCUT2D eigenvalue weighted by molar-refractivity contribution is 0.186. The van der Waals surface area contributed by atoms with Crippen molar-refractivity contribution in [3.05, 3.63) is 23.3 Å². The summed E-state index contributed by atoms with van der Waals surface area (Å²) >= 11 is 0. The van der Waals surface area contributed by atoms with Crippen LogP contribution in [0.5, 0.6) is 5.75 Å². The van der Waals surface area contributed by atoms with E-state index in [1.165, 1.54) is 12.8 Å². The van der Waals surface area contributed by atoms with E-state index in [0.29, 0.717) is 16.7 Å². The molecule has 2 heterocycles. The fourth-order valence-corrected chi connectivity index (χ4v) is 5.85. The number of benzene rings is 1. The van der Waals surface area contributed by atoms with Crippen LogP contribution < -0.4 is 9.46 Å². The number of rotatable bonds is 4. The van der Waals surface area contributed by atoms with E-state index in [-0.39, 0.29) is 6.04 Å². The number of aryl methyl sites for hydroxylation is 2. The molecule has 2 aliphatic heterocycles. The normalized spacial score (nSPS) is 25.3. The first-order chi connectivity index (χ1) is 10.9. The van der Waals surface area contributed by atoms with Crippen LogP contribution in [0.25, 0.3) is 0 Å². The quantitative estimate of drug-likeness (QED) is 0.914. The summed E-state index contributed by atoms with van der Waals surface area (Å²) in [7, 11) is -1.92. The highest BCUT2D eigenvalue weighted by atomic mass is 32.2. The second-order valence-electron chi connectivity index (χ2n) is 6.71. The second-order valence-corrected chi connectivity index (χ2v) is 8.36. The summed E-state index contributed by atoms with van der Waals surface area (Å²) in [4.78, 5) is 2.83. The van der Waals surface area contributed by atoms with Gasteiger partial charge in [-0.1, -0.05) is 6.42 Å². The molecular weight excluding hydrogens is 312 g/mol. The Labute approximate surface area is 139 Å². The molecule has 0 bridgehead atoms. The van der Waals surface area contributed by atoms with E-state index in [0.717, 1.165) is 37.1 Å². The predicted molar refractivity (Wildman–Crippen MR) is 90.4 cm³/mol. The molecule has 1 aromatic rings. The van der Waals surface area contributed by atoms with Gasteiger partial charge in [0, 0.05) is 18.6 Å². The summed E-state index contributed by atoms with van der Waals surface area (Å²) in [5.41, 5.74) is 1.46. The molecule has 2 atom stereocenters. The van der Waals surface area contributed by atoms with Crippen LogP contribution in [0.4, 0.5) is 0 Å². The van der Waals surface area contributed by atoms with Crippen molar-refractivity contribution in [3.8, 4) is 5.75 Å². The molecule has 0 spiro atoms. The molecule has 23 heavy (non-hydrogen) atoms. The number of nitrogens with one attached hydrogen (secondary N) is 1. The fraction of sp³-hybridized carbons (Fsp3) is 0.647. The van der Waals surface area contributed by atoms with Crippen molar-refractivity contribution in [2.24, 2.45) is 0 Å². The molecule has 0 radical (unpaired) electrons. The number of ether oxygens (including phenoxy) is 1. The maximum atomic E-state index is 12.9. The Morgan fingerprint density at radius 3 is 2.48 bits per heavy atom. The number of sulfonamides is 1. The Morgan fingerprint density at radius 2 is 1.83 bits per heavy atom. The molecule has 2 fully saturated rings. The number of hydrogen-bond acceptors (Lipinski definition) is 4. The summed E-state index contributed by atoms with van der Waals surface area (Å²) in [5.74, 6) is 0.693. The van der Waals surface area contributed by atoms with E-state index >= 15 is 0 Å². The average molecular weight is 338 g/mol. The molecule has 6 heteroatoms. The number of methoxy groups -OCH3 is 1. The van der Waals surface area contributed by atoms with Crippen molar-refractivity contribution in [1.82, 2.24) is 9.62 Å². The van der Waals surface area contributed by atoms with Gasteiger partial charge in [-0.15, -0.1) is 0 Å². The van der Waals surface area contributed by atoms with Crippen molar-refractivity contribution < 1.29 is 13.2 Å². The van der Waals surface area contributed by atoms with Gasteiger partial charge in [-0.25, -0.2) is 13.1 Å². The average Bonchev–Trinajstić information content (AvgIpc) is 2.89. The number of nitrogens with zero attached hydrogens (tertiary/aromatic N) is 1.